The maximum Gasteiger partial charge on any atom is 0.249 e. The van der Waals surface area contributed by atoms with E-state index in [4.69, 9.17) is 5.73 Å². The van der Waals surface area contributed by atoms with Crippen LogP contribution in [0.15, 0.2) is 54.6 Å². The largest absolute Gasteiger partial charge is 0.366 e. The van der Waals surface area contributed by atoms with Gasteiger partial charge in [0.2, 0.25) is 5.91 Å². The van der Waals surface area contributed by atoms with Crippen molar-refractivity contribution in [3.8, 4) is 0 Å². The Balaban J connectivity index is 1.92. The van der Waals surface area contributed by atoms with Crippen LogP contribution in [0.3, 0.4) is 0 Å². The zero-order valence-corrected chi connectivity index (χ0v) is 16.5. The summed E-state index contributed by atoms with van der Waals surface area (Å²) in [4.78, 5) is 12.1. The summed E-state index contributed by atoms with van der Waals surface area (Å²) in [7, 11) is 0. The van der Waals surface area contributed by atoms with E-state index in [1.807, 2.05) is 24.3 Å². The molecule has 0 saturated heterocycles. The molecule has 3 aromatic carbocycles. The Morgan fingerprint density at radius 3 is 2.66 bits per heavy atom. The van der Waals surface area contributed by atoms with Crippen LogP contribution in [0.5, 0.6) is 0 Å². The van der Waals surface area contributed by atoms with E-state index in [1.165, 1.54) is 24.5 Å². The van der Waals surface area contributed by atoms with Crippen LogP contribution >= 0.6 is 0 Å². The minimum atomic E-state index is -0.458. The maximum absolute atomic E-state index is 13.8. The van der Waals surface area contributed by atoms with Gasteiger partial charge in [-0.3, -0.25) is 4.79 Å². The number of rotatable bonds is 7. The molecule has 147 valence electrons. The van der Waals surface area contributed by atoms with Gasteiger partial charge < -0.3 is 10.3 Å². The number of aryl methyl sites for hydroxylation is 1. The molecule has 0 aliphatic heterocycles. The van der Waals surface area contributed by atoms with Crippen molar-refractivity contribution in [1.29, 1.82) is 0 Å². The van der Waals surface area contributed by atoms with Gasteiger partial charge in [0.05, 0.1) is 11.0 Å². The average molecular weight is 387 g/mol. The van der Waals surface area contributed by atoms with Crippen LogP contribution in [-0.2, 0) is 13.0 Å². The summed E-state index contributed by atoms with van der Waals surface area (Å²) in [5.41, 5.74) is 10.1. The summed E-state index contributed by atoms with van der Waals surface area (Å²) in [5.74, 6) is -0.714. The topological polar surface area (TPSA) is 48.0 Å². The Labute approximate surface area is 169 Å². The smallest absolute Gasteiger partial charge is 0.249 e. The van der Waals surface area contributed by atoms with Crippen molar-refractivity contribution in [2.45, 2.75) is 39.2 Å². The Morgan fingerprint density at radius 1 is 1.07 bits per heavy atom. The number of amides is 1. The van der Waals surface area contributed by atoms with Crippen LogP contribution in [0.2, 0.25) is 0 Å². The van der Waals surface area contributed by atoms with E-state index in [2.05, 4.69) is 23.6 Å². The van der Waals surface area contributed by atoms with Crippen LogP contribution in [0, 0.1) is 11.9 Å². The molecule has 1 aromatic heterocycles. The maximum atomic E-state index is 13.8. The van der Waals surface area contributed by atoms with Crippen LogP contribution in [0.25, 0.3) is 21.8 Å². The number of halogens is 1. The predicted octanol–water partition coefficient (Wildman–Crippen LogP) is 5.61. The molecule has 0 bridgehead atoms. The van der Waals surface area contributed by atoms with Gasteiger partial charge in [-0.05, 0) is 60.4 Å². The lowest BCUT2D eigenvalue weighted by atomic mass is 10.0. The highest BCUT2D eigenvalue weighted by atomic mass is 19.1. The summed E-state index contributed by atoms with van der Waals surface area (Å²) in [5, 5.41) is 1.69. The van der Waals surface area contributed by atoms with Crippen molar-refractivity contribution in [2.75, 3.05) is 0 Å². The first-order chi connectivity index (χ1) is 14.1. The molecule has 4 heteroatoms. The minimum Gasteiger partial charge on any atom is -0.366 e. The van der Waals surface area contributed by atoms with Gasteiger partial charge in [0.15, 0.2) is 0 Å². The van der Waals surface area contributed by atoms with E-state index < -0.39 is 5.91 Å². The minimum absolute atomic E-state index is 0.257. The van der Waals surface area contributed by atoms with E-state index in [9.17, 15) is 9.18 Å². The van der Waals surface area contributed by atoms with Gasteiger partial charge in [0, 0.05) is 22.9 Å². The number of hydrogen-bond donors (Lipinski definition) is 1. The normalized spacial score (nSPS) is 11.4. The zero-order valence-electron chi connectivity index (χ0n) is 16.5. The Hall–Kier alpha value is -3.14. The number of nitrogens with zero attached hydrogens (tertiary/aromatic N) is 1. The predicted molar refractivity (Wildman–Crippen MR) is 116 cm³/mol. The van der Waals surface area contributed by atoms with Crippen molar-refractivity contribution in [1.82, 2.24) is 4.57 Å². The Morgan fingerprint density at radius 2 is 1.90 bits per heavy atom. The molecule has 0 unspecified atom stereocenters. The molecule has 0 saturated carbocycles. The average Bonchev–Trinajstić information content (AvgIpc) is 3.01. The van der Waals surface area contributed by atoms with Gasteiger partial charge in [0.1, 0.15) is 5.82 Å². The number of aromatic nitrogens is 1. The number of hydrogen-bond acceptors (Lipinski definition) is 1. The summed E-state index contributed by atoms with van der Waals surface area (Å²) >= 11 is 0. The number of carbonyl (C=O) groups excluding carboxylic acids is 1. The van der Waals surface area contributed by atoms with Crippen LogP contribution in [-0.4, -0.2) is 10.5 Å². The van der Waals surface area contributed by atoms with Gasteiger partial charge >= 0.3 is 0 Å². The third kappa shape index (κ3) is 3.75. The second-order valence-electron chi connectivity index (χ2n) is 7.51. The van der Waals surface area contributed by atoms with Crippen molar-refractivity contribution in [2.24, 2.45) is 5.73 Å². The molecule has 0 spiro atoms. The summed E-state index contributed by atoms with van der Waals surface area (Å²) in [6.07, 6.45) is 4.49. The molecular formula is C25H24FN2O. The third-order valence-corrected chi connectivity index (χ3v) is 5.42. The highest BCUT2D eigenvalue weighted by Crippen LogP contribution is 2.33. The van der Waals surface area contributed by atoms with Crippen LogP contribution in [0.1, 0.15) is 47.7 Å². The fourth-order valence-corrected chi connectivity index (χ4v) is 4.02. The van der Waals surface area contributed by atoms with Crippen LogP contribution in [0.4, 0.5) is 4.39 Å². The summed E-state index contributed by atoms with van der Waals surface area (Å²) in [6.45, 7) is 2.70. The first-order valence-electron chi connectivity index (χ1n) is 10.1. The molecule has 3 nitrogen and oxygen atoms in total. The molecule has 1 radical (unpaired) electrons. The number of fused-ring (bicyclic) bond motifs is 3. The quantitative estimate of drug-likeness (QED) is 0.412. The number of unbranched alkanes of at least 4 members (excludes halogenated alkanes) is 2. The second kappa shape index (κ2) is 8.08. The lowest BCUT2D eigenvalue weighted by Gasteiger charge is -2.09. The monoisotopic (exact) mass is 387 g/mol. The first kappa shape index (κ1) is 19.2. The van der Waals surface area contributed by atoms with E-state index >= 15 is 0 Å². The highest BCUT2D eigenvalue weighted by molar-refractivity contribution is 6.17. The molecule has 0 aliphatic carbocycles. The molecule has 2 N–H and O–H groups in total. The lowest BCUT2D eigenvalue weighted by Crippen LogP contribution is -2.11. The second-order valence-corrected chi connectivity index (χ2v) is 7.51. The van der Waals surface area contributed by atoms with Crippen molar-refractivity contribution < 1.29 is 9.18 Å². The molecule has 0 fully saturated rings. The van der Waals surface area contributed by atoms with E-state index in [0.29, 0.717) is 12.1 Å². The molecule has 1 heterocycles. The Bertz CT molecular complexity index is 1190. The van der Waals surface area contributed by atoms with Gasteiger partial charge in [-0.15, -0.1) is 0 Å². The molecule has 0 atom stereocenters. The van der Waals surface area contributed by atoms with Gasteiger partial charge in [-0.2, -0.15) is 0 Å². The number of nitrogens with two attached hydrogens (primary N) is 1. The molecule has 4 aromatic rings. The van der Waals surface area contributed by atoms with Crippen LogP contribution < -0.4 is 5.73 Å². The molecule has 29 heavy (non-hydrogen) atoms. The van der Waals surface area contributed by atoms with E-state index in [1.54, 1.807) is 18.2 Å². The SMILES string of the molecule is CCCCCc1c[c]c2c3c(C(N)=O)cccc3n(Cc3cccc(F)c3)c2c1. The summed E-state index contributed by atoms with van der Waals surface area (Å²) < 4.78 is 15.9. The fraction of sp³-hybridized carbons (Fsp3) is 0.240. The molecule has 4 rings (SSSR count). The molecule has 1 amide bonds. The summed E-state index contributed by atoms with van der Waals surface area (Å²) in [6, 6.07) is 19.8. The highest BCUT2D eigenvalue weighted by Gasteiger charge is 2.17. The van der Waals surface area contributed by atoms with E-state index in [0.717, 1.165) is 40.2 Å². The lowest BCUT2D eigenvalue weighted by molar-refractivity contribution is 0.100. The molecular weight excluding hydrogens is 363 g/mol. The number of benzene rings is 3. The first-order valence-corrected chi connectivity index (χ1v) is 10.1. The Kier molecular flexibility index (Phi) is 5.34. The third-order valence-electron chi connectivity index (χ3n) is 5.42. The fourth-order valence-electron chi connectivity index (χ4n) is 4.02. The van der Waals surface area contributed by atoms with Crippen molar-refractivity contribution >= 4 is 27.7 Å². The van der Waals surface area contributed by atoms with Crippen molar-refractivity contribution in [3.63, 3.8) is 0 Å². The standard InChI is InChI=1S/C25H24FN2O/c1-2-3-4-7-17-12-13-20-23(15-17)28(16-18-8-5-9-19(26)14-18)22-11-6-10-21(24(20)22)25(27)29/h5-6,8-12,14-15H,2-4,7,16H2,1H3,(H2,27,29). The number of carbonyl (C=O) groups is 1. The molecule has 0 aliphatic rings. The number of primary amides is 1. The zero-order chi connectivity index (χ0) is 20.4. The van der Waals surface area contributed by atoms with Gasteiger partial charge in [-0.1, -0.05) is 44.0 Å². The van der Waals surface area contributed by atoms with Gasteiger partial charge in [-0.25, -0.2) is 4.39 Å². The van der Waals surface area contributed by atoms with E-state index in [-0.39, 0.29) is 5.82 Å². The van der Waals surface area contributed by atoms with Crippen molar-refractivity contribution in [3.05, 3.63) is 83.2 Å². The van der Waals surface area contributed by atoms with Gasteiger partial charge in [0.25, 0.3) is 0 Å².